The van der Waals surface area contributed by atoms with Crippen molar-refractivity contribution in [3.05, 3.63) is 51.2 Å². The van der Waals surface area contributed by atoms with Gasteiger partial charge in [0.2, 0.25) is 0 Å². The van der Waals surface area contributed by atoms with Gasteiger partial charge in [-0.15, -0.1) is 0 Å². The molecule has 0 N–H and O–H groups in total. The number of nitrogens with zero attached hydrogens (tertiary/aromatic N) is 1. The van der Waals surface area contributed by atoms with Crippen LogP contribution in [0, 0.1) is 13.8 Å². The summed E-state index contributed by atoms with van der Waals surface area (Å²) in [7, 11) is 0. The maximum Gasteiger partial charge on any atom is 0.266 e. The number of amides is 2. The van der Waals surface area contributed by atoms with E-state index in [9.17, 15) is 9.59 Å². The molecule has 90 valence electrons. The van der Waals surface area contributed by atoms with Crippen molar-refractivity contribution in [2.24, 2.45) is 0 Å². The number of benzene rings is 1. The SMILES string of the molecule is Cc1ccc(C)c2c1C(=O)N(c1ccsc1)C2=O. The fourth-order valence-electron chi connectivity index (χ4n) is 2.30. The quantitative estimate of drug-likeness (QED) is 0.736. The number of thiophene rings is 1. The summed E-state index contributed by atoms with van der Waals surface area (Å²) in [6, 6.07) is 5.56. The van der Waals surface area contributed by atoms with Crippen LogP contribution in [-0.2, 0) is 0 Å². The van der Waals surface area contributed by atoms with E-state index in [0.29, 0.717) is 16.8 Å². The molecule has 3 nitrogen and oxygen atoms in total. The third-order valence-electron chi connectivity index (χ3n) is 3.22. The Morgan fingerprint density at radius 3 is 1.94 bits per heavy atom. The average molecular weight is 257 g/mol. The van der Waals surface area contributed by atoms with Gasteiger partial charge in [0, 0.05) is 5.38 Å². The van der Waals surface area contributed by atoms with Crippen LogP contribution in [0.2, 0.25) is 0 Å². The minimum atomic E-state index is -0.213. The number of hydrogen-bond donors (Lipinski definition) is 0. The van der Waals surface area contributed by atoms with E-state index in [0.717, 1.165) is 11.1 Å². The second kappa shape index (κ2) is 3.78. The molecule has 0 radical (unpaired) electrons. The van der Waals surface area contributed by atoms with Crippen LogP contribution in [0.25, 0.3) is 0 Å². The monoisotopic (exact) mass is 257 g/mol. The second-order valence-electron chi connectivity index (χ2n) is 4.38. The lowest BCUT2D eigenvalue weighted by Gasteiger charge is -2.11. The molecule has 1 aliphatic rings. The number of imide groups is 1. The van der Waals surface area contributed by atoms with Gasteiger partial charge in [0.15, 0.2) is 0 Å². The molecule has 1 aliphatic heterocycles. The van der Waals surface area contributed by atoms with Gasteiger partial charge < -0.3 is 0 Å². The van der Waals surface area contributed by atoms with E-state index >= 15 is 0 Å². The van der Waals surface area contributed by atoms with E-state index in [2.05, 4.69) is 0 Å². The summed E-state index contributed by atoms with van der Waals surface area (Å²) < 4.78 is 0. The van der Waals surface area contributed by atoms with Crippen molar-refractivity contribution in [2.45, 2.75) is 13.8 Å². The van der Waals surface area contributed by atoms with Crippen molar-refractivity contribution < 1.29 is 9.59 Å². The molecule has 1 aromatic carbocycles. The van der Waals surface area contributed by atoms with Crippen LogP contribution in [0.15, 0.2) is 29.0 Å². The van der Waals surface area contributed by atoms with Gasteiger partial charge in [0.05, 0.1) is 16.8 Å². The average Bonchev–Trinajstić information content (AvgIpc) is 2.92. The Hall–Kier alpha value is -1.94. The maximum atomic E-state index is 12.4. The summed E-state index contributed by atoms with van der Waals surface area (Å²) in [5.74, 6) is -0.427. The van der Waals surface area contributed by atoms with Crippen LogP contribution < -0.4 is 4.90 Å². The molecule has 0 atom stereocenters. The molecule has 0 spiro atoms. The number of carbonyl (C=O) groups is 2. The molecular weight excluding hydrogens is 246 g/mol. The minimum Gasteiger partial charge on any atom is -0.268 e. The van der Waals surface area contributed by atoms with Crippen LogP contribution in [-0.4, -0.2) is 11.8 Å². The Morgan fingerprint density at radius 1 is 0.944 bits per heavy atom. The van der Waals surface area contributed by atoms with Crippen LogP contribution in [0.4, 0.5) is 5.69 Å². The molecular formula is C14H11NO2S. The lowest BCUT2D eigenvalue weighted by Crippen LogP contribution is -2.29. The van der Waals surface area contributed by atoms with Crippen LogP contribution in [0.1, 0.15) is 31.8 Å². The predicted molar refractivity (Wildman–Crippen MR) is 71.4 cm³/mol. The predicted octanol–water partition coefficient (Wildman–Crippen LogP) is 3.17. The summed E-state index contributed by atoms with van der Waals surface area (Å²) in [4.78, 5) is 26.0. The van der Waals surface area contributed by atoms with E-state index in [1.165, 1.54) is 16.2 Å². The van der Waals surface area contributed by atoms with Gasteiger partial charge >= 0.3 is 0 Å². The third-order valence-corrected chi connectivity index (χ3v) is 3.89. The first-order valence-electron chi connectivity index (χ1n) is 5.62. The summed E-state index contributed by atoms with van der Waals surface area (Å²) in [6.45, 7) is 3.72. The molecule has 0 saturated heterocycles. The molecule has 0 fully saturated rings. The summed E-state index contributed by atoms with van der Waals surface area (Å²) in [5.41, 5.74) is 3.46. The lowest BCUT2D eigenvalue weighted by molar-refractivity contribution is 0.0926. The van der Waals surface area contributed by atoms with Gasteiger partial charge in [0.1, 0.15) is 0 Å². The normalized spacial score (nSPS) is 14.2. The Morgan fingerprint density at radius 2 is 1.50 bits per heavy atom. The first kappa shape index (κ1) is 11.2. The molecule has 0 saturated carbocycles. The van der Waals surface area contributed by atoms with Crippen LogP contribution in [0.3, 0.4) is 0 Å². The van der Waals surface area contributed by atoms with Gasteiger partial charge in [-0.1, -0.05) is 12.1 Å². The van der Waals surface area contributed by atoms with Gasteiger partial charge in [-0.05, 0) is 36.4 Å². The molecule has 0 unspecified atom stereocenters. The minimum absolute atomic E-state index is 0.213. The largest absolute Gasteiger partial charge is 0.268 e. The van der Waals surface area contributed by atoms with Gasteiger partial charge in [-0.3, -0.25) is 9.59 Å². The number of rotatable bonds is 1. The van der Waals surface area contributed by atoms with Crippen LogP contribution >= 0.6 is 11.3 Å². The second-order valence-corrected chi connectivity index (χ2v) is 5.16. The van der Waals surface area contributed by atoms with Crippen molar-refractivity contribution in [1.29, 1.82) is 0 Å². The van der Waals surface area contributed by atoms with E-state index in [1.54, 1.807) is 6.07 Å². The summed E-state index contributed by atoms with van der Waals surface area (Å²) in [6.07, 6.45) is 0. The molecule has 1 aromatic heterocycles. The Labute approximate surface area is 109 Å². The molecule has 18 heavy (non-hydrogen) atoms. The molecule has 0 bridgehead atoms. The number of carbonyl (C=O) groups excluding carboxylic acids is 2. The highest BCUT2D eigenvalue weighted by Crippen LogP contribution is 2.33. The van der Waals surface area contributed by atoms with E-state index in [-0.39, 0.29) is 11.8 Å². The van der Waals surface area contributed by atoms with E-state index < -0.39 is 0 Å². The summed E-state index contributed by atoms with van der Waals surface area (Å²) in [5, 5.41) is 3.67. The zero-order valence-corrected chi connectivity index (χ0v) is 10.9. The van der Waals surface area contributed by atoms with Crippen molar-refractivity contribution in [3.8, 4) is 0 Å². The number of anilines is 1. The lowest BCUT2D eigenvalue weighted by atomic mass is 9.99. The Balaban J connectivity index is 2.23. The molecule has 2 amide bonds. The van der Waals surface area contributed by atoms with E-state index in [1.807, 2.05) is 36.7 Å². The fraction of sp³-hybridized carbons (Fsp3) is 0.143. The van der Waals surface area contributed by atoms with Gasteiger partial charge in [0.25, 0.3) is 11.8 Å². The van der Waals surface area contributed by atoms with Crippen molar-refractivity contribution in [3.63, 3.8) is 0 Å². The number of hydrogen-bond acceptors (Lipinski definition) is 3. The highest BCUT2D eigenvalue weighted by atomic mass is 32.1. The molecule has 2 heterocycles. The zero-order valence-electron chi connectivity index (χ0n) is 10.1. The first-order valence-corrected chi connectivity index (χ1v) is 6.56. The fourth-order valence-corrected chi connectivity index (χ4v) is 2.92. The topological polar surface area (TPSA) is 37.4 Å². The Kier molecular flexibility index (Phi) is 2.35. The smallest absolute Gasteiger partial charge is 0.266 e. The maximum absolute atomic E-state index is 12.4. The zero-order chi connectivity index (χ0) is 12.9. The van der Waals surface area contributed by atoms with Crippen molar-refractivity contribution >= 4 is 28.8 Å². The standard InChI is InChI=1S/C14H11NO2S/c1-8-3-4-9(2)12-11(8)13(16)15(14(12)17)10-5-6-18-7-10/h3-7H,1-2H3. The molecule has 4 heteroatoms. The van der Waals surface area contributed by atoms with Gasteiger partial charge in [-0.2, -0.15) is 11.3 Å². The molecule has 2 aromatic rings. The van der Waals surface area contributed by atoms with Crippen molar-refractivity contribution in [2.75, 3.05) is 4.90 Å². The first-order chi connectivity index (χ1) is 8.61. The summed E-state index contributed by atoms with van der Waals surface area (Å²) >= 11 is 1.47. The van der Waals surface area contributed by atoms with Crippen LogP contribution in [0.5, 0.6) is 0 Å². The van der Waals surface area contributed by atoms with E-state index in [4.69, 9.17) is 0 Å². The van der Waals surface area contributed by atoms with Gasteiger partial charge in [-0.25, -0.2) is 4.90 Å². The highest BCUT2D eigenvalue weighted by molar-refractivity contribution is 7.08. The molecule has 3 rings (SSSR count). The molecule has 0 aliphatic carbocycles. The number of aryl methyl sites for hydroxylation is 2. The third kappa shape index (κ3) is 1.36. The number of fused-ring (bicyclic) bond motifs is 1. The highest BCUT2D eigenvalue weighted by Gasteiger charge is 2.38. The van der Waals surface area contributed by atoms with Crippen molar-refractivity contribution in [1.82, 2.24) is 0 Å². The Bertz CT molecular complexity index is 618.